The maximum Gasteiger partial charge on any atom is 0.287 e. The van der Waals surface area contributed by atoms with E-state index in [0.29, 0.717) is 28.8 Å². The van der Waals surface area contributed by atoms with Crippen molar-refractivity contribution in [3.8, 4) is 34.4 Å². The molecule has 3 aromatic heterocycles. The van der Waals surface area contributed by atoms with E-state index in [0.717, 1.165) is 25.7 Å². The molecule has 1 N–H and O–H groups in total. The number of pyridine rings is 1. The minimum Gasteiger partial charge on any atom is -0.494 e. The highest BCUT2D eigenvalue weighted by atomic mass is 35.5. The molecule has 1 saturated carbocycles. The van der Waals surface area contributed by atoms with Crippen LogP contribution < -0.4 is 15.0 Å². The monoisotopic (exact) mass is 525 g/mol. The topological polar surface area (TPSA) is 99.6 Å². The van der Waals surface area contributed by atoms with Crippen LogP contribution in [0.15, 0.2) is 51.8 Å². The highest BCUT2D eigenvalue weighted by molar-refractivity contribution is 6.30. The van der Waals surface area contributed by atoms with Gasteiger partial charge in [0.15, 0.2) is 0 Å². The normalized spacial score (nSPS) is 13.7. The Morgan fingerprint density at radius 1 is 1.16 bits per heavy atom. The summed E-state index contributed by atoms with van der Waals surface area (Å²) in [5, 5.41) is 11.8. The molecule has 4 aromatic rings. The molecular formula is C27H25ClFN3O5. The van der Waals surface area contributed by atoms with Gasteiger partial charge in [-0.2, -0.15) is 4.98 Å². The van der Waals surface area contributed by atoms with Gasteiger partial charge in [0.05, 0.1) is 31.4 Å². The number of aromatic hydroxyl groups is 1. The SMILES string of the molecule is COc1cccc(OC)c1-n1c(C2CCCC2)nc(=O)c(-c2ccc(Cc3ncc(Cl)cc3F)o2)c1O. The van der Waals surface area contributed by atoms with E-state index in [-0.39, 0.29) is 40.3 Å². The lowest BCUT2D eigenvalue weighted by Gasteiger charge is -2.23. The molecule has 0 atom stereocenters. The first kappa shape index (κ1) is 24.8. The Morgan fingerprint density at radius 2 is 1.86 bits per heavy atom. The summed E-state index contributed by atoms with van der Waals surface area (Å²) in [6.07, 6.45) is 5.07. The van der Waals surface area contributed by atoms with Crippen LogP contribution in [0.4, 0.5) is 4.39 Å². The van der Waals surface area contributed by atoms with E-state index < -0.39 is 11.4 Å². The van der Waals surface area contributed by atoms with Crippen LogP contribution in [0.1, 0.15) is 48.9 Å². The van der Waals surface area contributed by atoms with Crippen LogP contribution in [0.5, 0.6) is 17.4 Å². The van der Waals surface area contributed by atoms with Crippen LogP contribution in [0, 0.1) is 5.82 Å². The third kappa shape index (κ3) is 4.67. The Hall–Kier alpha value is -3.85. The average Bonchev–Trinajstić information content (AvgIpc) is 3.58. The van der Waals surface area contributed by atoms with Crippen molar-refractivity contribution in [1.29, 1.82) is 0 Å². The van der Waals surface area contributed by atoms with E-state index in [1.165, 1.54) is 31.0 Å². The van der Waals surface area contributed by atoms with E-state index in [1.54, 1.807) is 30.3 Å². The lowest BCUT2D eigenvalue weighted by atomic mass is 10.1. The van der Waals surface area contributed by atoms with Crippen molar-refractivity contribution in [2.24, 2.45) is 0 Å². The number of furan rings is 1. The van der Waals surface area contributed by atoms with Crippen molar-refractivity contribution in [3.63, 3.8) is 0 Å². The zero-order chi connectivity index (χ0) is 26.1. The number of hydrogen-bond acceptors (Lipinski definition) is 7. The molecule has 0 aliphatic heterocycles. The molecule has 37 heavy (non-hydrogen) atoms. The Bertz CT molecular complexity index is 1490. The second kappa shape index (κ2) is 10.3. The molecule has 10 heteroatoms. The van der Waals surface area contributed by atoms with Crippen molar-refractivity contribution in [1.82, 2.24) is 14.5 Å². The predicted molar refractivity (Wildman–Crippen MR) is 136 cm³/mol. The standard InChI is InChI=1S/C27H25ClFN3O5/c1-35-21-8-5-9-22(36-2)24(21)32-25(15-6-3-4-7-15)31-26(33)23(27(32)34)20-11-10-17(37-20)13-19-18(29)12-16(28)14-30-19/h5,8-12,14-15,34H,3-4,6-7,13H2,1-2H3. The summed E-state index contributed by atoms with van der Waals surface area (Å²) in [7, 11) is 3.04. The Labute approximate surface area is 217 Å². The van der Waals surface area contributed by atoms with Crippen molar-refractivity contribution < 1.29 is 23.4 Å². The number of hydrogen-bond donors (Lipinski definition) is 1. The minimum atomic E-state index is -0.624. The Kier molecular flexibility index (Phi) is 6.88. The molecule has 0 unspecified atom stereocenters. The number of benzene rings is 1. The van der Waals surface area contributed by atoms with E-state index in [4.69, 9.17) is 25.5 Å². The van der Waals surface area contributed by atoms with Crippen molar-refractivity contribution >= 4 is 11.6 Å². The molecule has 0 spiro atoms. The van der Waals surface area contributed by atoms with Crippen molar-refractivity contribution in [3.05, 3.63) is 81.1 Å². The number of nitrogens with zero attached hydrogens (tertiary/aromatic N) is 3. The summed E-state index contributed by atoms with van der Waals surface area (Å²) in [4.78, 5) is 21.7. The fraction of sp³-hybridized carbons (Fsp3) is 0.296. The molecule has 0 radical (unpaired) electrons. The zero-order valence-corrected chi connectivity index (χ0v) is 21.1. The Morgan fingerprint density at radius 3 is 2.51 bits per heavy atom. The van der Waals surface area contributed by atoms with Gasteiger partial charge in [0.1, 0.15) is 45.9 Å². The van der Waals surface area contributed by atoms with E-state index >= 15 is 0 Å². The third-order valence-corrected chi connectivity index (χ3v) is 6.78. The first-order valence-corrected chi connectivity index (χ1v) is 12.2. The van der Waals surface area contributed by atoms with Gasteiger partial charge in [0.2, 0.25) is 5.88 Å². The fourth-order valence-corrected chi connectivity index (χ4v) is 4.96. The second-order valence-corrected chi connectivity index (χ2v) is 9.26. The molecule has 0 saturated heterocycles. The summed E-state index contributed by atoms with van der Waals surface area (Å²) in [5.74, 6) is 0.829. The molecule has 0 bridgehead atoms. The van der Waals surface area contributed by atoms with Crippen molar-refractivity contribution in [2.45, 2.75) is 38.0 Å². The van der Waals surface area contributed by atoms with Gasteiger partial charge in [-0.1, -0.05) is 30.5 Å². The molecule has 1 aromatic carbocycles. The second-order valence-electron chi connectivity index (χ2n) is 8.83. The quantitative estimate of drug-likeness (QED) is 0.333. The van der Waals surface area contributed by atoms with Gasteiger partial charge in [0.25, 0.3) is 5.56 Å². The van der Waals surface area contributed by atoms with Gasteiger partial charge in [0, 0.05) is 12.1 Å². The average molecular weight is 526 g/mol. The highest BCUT2D eigenvalue weighted by Crippen LogP contribution is 2.42. The van der Waals surface area contributed by atoms with Gasteiger partial charge in [-0.15, -0.1) is 0 Å². The van der Waals surface area contributed by atoms with Crippen LogP contribution >= 0.6 is 11.6 Å². The third-order valence-electron chi connectivity index (χ3n) is 6.57. The molecule has 1 aliphatic carbocycles. The molecule has 3 heterocycles. The van der Waals surface area contributed by atoms with Gasteiger partial charge >= 0.3 is 0 Å². The van der Waals surface area contributed by atoms with Crippen LogP contribution in [-0.2, 0) is 6.42 Å². The van der Waals surface area contributed by atoms with Gasteiger partial charge < -0.3 is 19.0 Å². The first-order valence-electron chi connectivity index (χ1n) is 11.9. The Balaban J connectivity index is 1.66. The van der Waals surface area contributed by atoms with Crippen LogP contribution in [0.25, 0.3) is 17.0 Å². The fourth-order valence-electron chi connectivity index (χ4n) is 4.82. The maximum absolute atomic E-state index is 14.3. The highest BCUT2D eigenvalue weighted by Gasteiger charge is 2.30. The van der Waals surface area contributed by atoms with Gasteiger partial charge in [-0.3, -0.25) is 14.3 Å². The molecule has 5 rings (SSSR count). The number of halogens is 2. The number of ether oxygens (including phenoxy) is 2. The number of rotatable bonds is 7. The number of aromatic nitrogens is 3. The van der Waals surface area contributed by atoms with Gasteiger partial charge in [-0.25, -0.2) is 4.39 Å². The summed E-state index contributed by atoms with van der Waals surface area (Å²) in [6, 6.07) is 9.57. The van der Waals surface area contributed by atoms with Crippen LogP contribution in [0.3, 0.4) is 0 Å². The molecule has 0 amide bonds. The largest absolute Gasteiger partial charge is 0.494 e. The lowest BCUT2D eigenvalue weighted by Crippen LogP contribution is -2.22. The van der Waals surface area contributed by atoms with Gasteiger partial charge in [-0.05, 0) is 43.2 Å². The molecule has 1 aliphatic rings. The lowest BCUT2D eigenvalue weighted by molar-refractivity contribution is 0.377. The van der Waals surface area contributed by atoms with E-state index in [1.807, 2.05) is 0 Å². The summed E-state index contributed by atoms with van der Waals surface area (Å²) in [5.41, 5.74) is -0.174. The summed E-state index contributed by atoms with van der Waals surface area (Å²) in [6.45, 7) is 0. The molecular weight excluding hydrogens is 501 g/mol. The predicted octanol–water partition coefficient (Wildman–Crippen LogP) is 5.65. The number of methoxy groups -OCH3 is 2. The smallest absolute Gasteiger partial charge is 0.287 e. The van der Waals surface area contributed by atoms with E-state index in [9.17, 15) is 14.3 Å². The zero-order valence-electron chi connectivity index (χ0n) is 20.3. The summed E-state index contributed by atoms with van der Waals surface area (Å²) < 4.78 is 32.8. The molecule has 8 nitrogen and oxygen atoms in total. The van der Waals surface area contributed by atoms with Crippen LogP contribution in [0.2, 0.25) is 5.02 Å². The number of para-hydroxylation sites is 1. The molecule has 1 fully saturated rings. The first-order chi connectivity index (χ1) is 17.9. The van der Waals surface area contributed by atoms with Crippen LogP contribution in [-0.4, -0.2) is 33.9 Å². The van der Waals surface area contributed by atoms with Crippen molar-refractivity contribution in [2.75, 3.05) is 14.2 Å². The van der Waals surface area contributed by atoms with E-state index in [2.05, 4.69) is 9.97 Å². The summed E-state index contributed by atoms with van der Waals surface area (Å²) >= 11 is 5.79. The minimum absolute atomic E-state index is 0.0200. The molecule has 192 valence electrons. The maximum atomic E-state index is 14.3.